The lowest BCUT2D eigenvalue weighted by Gasteiger charge is -2.31. The number of nitrogens with one attached hydrogen (secondary N) is 2. The fraction of sp³-hybridized carbons (Fsp3) is 0.952. The van der Waals surface area contributed by atoms with Crippen LogP contribution >= 0.6 is 0 Å². The maximum absolute atomic E-state index is 12.5. The van der Waals surface area contributed by atoms with Gasteiger partial charge in [-0.1, -0.05) is 44.9 Å². The first-order chi connectivity index (χ1) is 12.8. The van der Waals surface area contributed by atoms with Crippen LogP contribution < -0.4 is 10.6 Å². The van der Waals surface area contributed by atoms with E-state index in [0.717, 1.165) is 70.6 Å². The number of nitrogens with zero attached hydrogens (tertiary/aromatic N) is 1. The first-order valence-electron chi connectivity index (χ1n) is 11.1. The van der Waals surface area contributed by atoms with Gasteiger partial charge in [-0.15, -0.1) is 0 Å². The normalized spacial score (nSPS) is 28.8. The molecule has 3 fully saturated rings. The third-order valence-electron chi connectivity index (χ3n) is 6.59. The van der Waals surface area contributed by atoms with Crippen molar-refractivity contribution >= 4 is 5.91 Å². The zero-order chi connectivity index (χ0) is 18.0. The van der Waals surface area contributed by atoms with E-state index >= 15 is 0 Å². The van der Waals surface area contributed by atoms with Crippen LogP contribution in [0.1, 0.15) is 64.2 Å². The summed E-state index contributed by atoms with van der Waals surface area (Å²) in [5.41, 5.74) is 0. The second kappa shape index (κ2) is 11.3. The highest BCUT2D eigenvalue weighted by Gasteiger charge is 2.27. The lowest BCUT2D eigenvalue weighted by atomic mass is 9.81. The molecule has 0 spiro atoms. The molecule has 150 valence electrons. The van der Waals surface area contributed by atoms with E-state index in [1.54, 1.807) is 0 Å². The number of ether oxygens (including phenoxy) is 1. The summed E-state index contributed by atoms with van der Waals surface area (Å²) in [5, 5.41) is 6.60. The maximum Gasteiger partial charge on any atom is 0.237 e. The monoisotopic (exact) mass is 365 g/mol. The third-order valence-corrected chi connectivity index (χ3v) is 6.59. The zero-order valence-electron chi connectivity index (χ0n) is 16.5. The Kier molecular flexibility index (Phi) is 8.70. The number of carbonyl (C=O) groups is 1. The summed E-state index contributed by atoms with van der Waals surface area (Å²) in [5.74, 6) is 1.92. The van der Waals surface area contributed by atoms with E-state index in [-0.39, 0.29) is 11.9 Å². The SMILES string of the molecule is O=C(NCCCN1CCOCC1)[C@@H]1C[C@H](CCC2CCCCC2)CCN1. The molecule has 3 rings (SSSR count). The van der Waals surface area contributed by atoms with Crippen LogP contribution in [-0.4, -0.2) is 62.8 Å². The van der Waals surface area contributed by atoms with Crippen LogP contribution in [0.4, 0.5) is 0 Å². The predicted octanol–water partition coefficient (Wildman–Crippen LogP) is 2.55. The van der Waals surface area contributed by atoms with E-state index in [0.29, 0.717) is 0 Å². The molecule has 0 radical (unpaired) electrons. The van der Waals surface area contributed by atoms with Gasteiger partial charge < -0.3 is 15.4 Å². The first kappa shape index (κ1) is 20.1. The average Bonchev–Trinajstić information content (AvgIpc) is 2.71. The molecule has 5 heteroatoms. The fourth-order valence-electron chi connectivity index (χ4n) is 4.87. The molecule has 0 bridgehead atoms. The third kappa shape index (κ3) is 6.82. The van der Waals surface area contributed by atoms with Crippen molar-refractivity contribution < 1.29 is 9.53 Å². The van der Waals surface area contributed by atoms with Crippen molar-refractivity contribution in [3.63, 3.8) is 0 Å². The number of hydrogen-bond donors (Lipinski definition) is 2. The molecule has 1 amide bonds. The highest BCUT2D eigenvalue weighted by atomic mass is 16.5. The van der Waals surface area contributed by atoms with Gasteiger partial charge in [-0.2, -0.15) is 0 Å². The summed E-state index contributed by atoms with van der Waals surface area (Å²) in [7, 11) is 0. The molecular formula is C21H39N3O2. The van der Waals surface area contributed by atoms with Crippen molar-refractivity contribution in [1.29, 1.82) is 0 Å². The van der Waals surface area contributed by atoms with Gasteiger partial charge in [0.25, 0.3) is 0 Å². The molecule has 0 aromatic heterocycles. The number of piperidine rings is 1. The highest BCUT2D eigenvalue weighted by Crippen LogP contribution is 2.31. The van der Waals surface area contributed by atoms with Crippen molar-refractivity contribution in [3.05, 3.63) is 0 Å². The van der Waals surface area contributed by atoms with Crippen LogP contribution in [0.5, 0.6) is 0 Å². The van der Waals surface area contributed by atoms with Crippen molar-refractivity contribution in [2.75, 3.05) is 45.9 Å². The zero-order valence-corrected chi connectivity index (χ0v) is 16.5. The van der Waals surface area contributed by atoms with Gasteiger partial charge in [0.2, 0.25) is 5.91 Å². The highest BCUT2D eigenvalue weighted by molar-refractivity contribution is 5.81. The molecule has 0 aromatic rings. The average molecular weight is 366 g/mol. The van der Waals surface area contributed by atoms with Crippen LogP contribution in [0.25, 0.3) is 0 Å². The summed E-state index contributed by atoms with van der Waals surface area (Å²) in [4.78, 5) is 14.9. The van der Waals surface area contributed by atoms with Crippen molar-refractivity contribution in [3.8, 4) is 0 Å². The molecule has 3 aliphatic rings. The molecule has 0 aromatic carbocycles. The van der Waals surface area contributed by atoms with Crippen molar-refractivity contribution in [2.24, 2.45) is 11.8 Å². The quantitative estimate of drug-likeness (QED) is 0.649. The van der Waals surface area contributed by atoms with Gasteiger partial charge in [0.1, 0.15) is 0 Å². The summed E-state index contributed by atoms with van der Waals surface area (Å²) in [6.45, 7) is 6.61. The number of rotatable bonds is 8. The number of amides is 1. The summed E-state index contributed by atoms with van der Waals surface area (Å²) in [6.07, 6.45) is 13.2. The Bertz CT molecular complexity index is 406. The van der Waals surface area contributed by atoms with Gasteiger partial charge in [-0.3, -0.25) is 9.69 Å². The fourth-order valence-corrected chi connectivity index (χ4v) is 4.87. The molecule has 1 saturated carbocycles. The summed E-state index contributed by atoms with van der Waals surface area (Å²) < 4.78 is 5.37. The lowest BCUT2D eigenvalue weighted by Crippen LogP contribution is -2.49. The van der Waals surface area contributed by atoms with Crippen LogP contribution in [0, 0.1) is 11.8 Å². The van der Waals surface area contributed by atoms with Crippen LogP contribution in [0.15, 0.2) is 0 Å². The molecule has 2 atom stereocenters. The van der Waals surface area contributed by atoms with Crippen molar-refractivity contribution in [1.82, 2.24) is 15.5 Å². The van der Waals surface area contributed by atoms with E-state index in [1.165, 1.54) is 51.4 Å². The number of morpholine rings is 1. The molecular weight excluding hydrogens is 326 g/mol. The molecule has 1 aliphatic carbocycles. The second-order valence-corrected chi connectivity index (χ2v) is 8.58. The Morgan fingerprint density at radius 1 is 1.04 bits per heavy atom. The first-order valence-corrected chi connectivity index (χ1v) is 11.1. The van der Waals surface area contributed by atoms with Gasteiger partial charge in [0.05, 0.1) is 19.3 Å². The Labute approximate surface area is 159 Å². The minimum Gasteiger partial charge on any atom is -0.379 e. The van der Waals surface area contributed by atoms with Gasteiger partial charge in [-0.25, -0.2) is 0 Å². The van der Waals surface area contributed by atoms with Gasteiger partial charge in [0.15, 0.2) is 0 Å². The molecule has 0 unspecified atom stereocenters. The maximum atomic E-state index is 12.5. The van der Waals surface area contributed by atoms with Crippen LogP contribution in [0.2, 0.25) is 0 Å². The Hall–Kier alpha value is -0.650. The Morgan fingerprint density at radius 2 is 1.81 bits per heavy atom. The second-order valence-electron chi connectivity index (χ2n) is 8.58. The van der Waals surface area contributed by atoms with E-state index in [2.05, 4.69) is 15.5 Å². The molecule has 2 saturated heterocycles. The molecule has 5 nitrogen and oxygen atoms in total. The lowest BCUT2D eigenvalue weighted by molar-refractivity contribution is -0.124. The van der Waals surface area contributed by atoms with Gasteiger partial charge in [0, 0.05) is 19.6 Å². The topological polar surface area (TPSA) is 53.6 Å². The Balaban J connectivity index is 1.28. The summed E-state index contributed by atoms with van der Waals surface area (Å²) in [6, 6.07) is 0.0310. The standard InChI is InChI=1S/C21H39N3O2/c25-21(23-10-4-12-24-13-15-26-16-14-24)20-17-19(9-11-22-20)8-7-18-5-2-1-3-6-18/h18-20,22H,1-17H2,(H,23,25)/t19-,20+/m1/s1. The van der Waals surface area contributed by atoms with Gasteiger partial charge in [-0.05, 0) is 44.2 Å². The Morgan fingerprint density at radius 3 is 2.62 bits per heavy atom. The van der Waals surface area contributed by atoms with Crippen LogP contribution in [-0.2, 0) is 9.53 Å². The van der Waals surface area contributed by atoms with E-state index in [1.807, 2.05) is 0 Å². The minimum absolute atomic E-state index is 0.0310. The molecule has 2 aliphatic heterocycles. The van der Waals surface area contributed by atoms with Crippen LogP contribution in [0.3, 0.4) is 0 Å². The van der Waals surface area contributed by atoms with E-state index < -0.39 is 0 Å². The van der Waals surface area contributed by atoms with E-state index in [4.69, 9.17) is 4.74 Å². The van der Waals surface area contributed by atoms with Crippen molar-refractivity contribution in [2.45, 2.75) is 70.3 Å². The molecule has 2 N–H and O–H groups in total. The predicted molar refractivity (Wildman–Crippen MR) is 105 cm³/mol. The smallest absolute Gasteiger partial charge is 0.237 e. The summed E-state index contributed by atoms with van der Waals surface area (Å²) >= 11 is 0. The number of carbonyl (C=O) groups excluding carboxylic acids is 1. The number of hydrogen-bond acceptors (Lipinski definition) is 4. The minimum atomic E-state index is 0.0310. The molecule has 26 heavy (non-hydrogen) atoms. The molecule has 2 heterocycles. The van der Waals surface area contributed by atoms with E-state index in [9.17, 15) is 4.79 Å². The largest absolute Gasteiger partial charge is 0.379 e. The van der Waals surface area contributed by atoms with Gasteiger partial charge >= 0.3 is 0 Å².